The van der Waals surface area contributed by atoms with Crippen molar-refractivity contribution in [2.45, 2.75) is 27.7 Å². The first-order chi connectivity index (χ1) is 16.9. The number of aromatic nitrogens is 3. The second-order valence-corrected chi connectivity index (χ2v) is 8.63. The summed E-state index contributed by atoms with van der Waals surface area (Å²) in [5.41, 5.74) is 5.65. The maximum Gasteiger partial charge on any atom is 0.167 e. The van der Waals surface area contributed by atoms with Gasteiger partial charge >= 0.3 is 0 Å². The lowest BCUT2D eigenvalue weighted by atomic mass is 10.1. The molecule has 4 rings (SSSR count). The normalized spacial score (nSPS) is 10.6. The van der Waals surface area contributed by atoms with Gasteiger partial charge in [0.25, 0.3) is 0 Å². The Balaban J connectivity index is 1.67. The number of nitrogens with zero attached hydrogens (tertiary/aromatic N) is 3. The van der Waals surface area contributed by atoms with Crippen LogP contribution < -0.4 is 4.74 Å². The first-order valence-corrected chi connectivity index (χ1v) is 11.5. The predicted octanol–water partition coefficient (Wildman–Crippen LogP) is 6.51. The number of rotatable bonds is 8. The van der Waals surface area contributed by atoms with Crippen molar-refractivity contribution in [2.75, 3.05) is 13.2 Å². The van der Waals surface area contributed by atoms with E-state index in [1.807, 2.05) is 76.2 Å². The van der Waals surface area contributed by atoms with Crippen molar-refractivity contribution in [2.24, 2.45) is 0 Å². The van der Waals surface area contributed by atoms with E-state index in [0.717, 1.165) is 27.8 Å². The Bertz CT molecular complexity index is 1260. The van der Waals surface area contributed by atoms with Crippen molar-refractivity contribution in [1.82, 2.24) is 15.0 Å². The zero-order chi connectivity index (χ0) is 24.8. The number of aryl methyl sites for hydroxylation is 2. The Morgan fingerprint density at radius 3 is 1.80 bits per heavy atom. The van der Waals surface area contributed by atoms with Crippen LogP contribution in [-0.4, -0.2) is 33.3 Å². The van der Waals surface area contributed by atoms with Gasteiger partial charge in [0.05, 0.1) is 11.8 Å². The summed E-state index contributed by atoms with van der Waals surface area (Å²) in [6.07, 6.45) is 1.70. The minimum atomic E-state index is 0.0311. The number of phenolic OH excluding ortho intramolecular Hbond substituents is 1. The second kappa shape index (κ2) is 10.8. The number of benzene rings is 3. The van der Waals surface area contributed by atoms with Crippen molar-refractivity contribution in [3.05, 3.63) is 89.7 Å². The molecule has 1 N–H and O–H groups in total. The average molecular weight is 468 g/mol. The van der Waals surface area contributed by atoms with E-state index in [1.54, 1.807) is 24.5 Å². The molecule has 35 heavy (non-hydrogen) atoms. The van der Waals surface area contributed by atoms with Crippen molar-refractivity contribution >= 4 is 0 Å². The summed E-state index contributed by atoms with van der Waals surface area (Å²) in [5.74, 6) is 2.05. The molecule has 0 fully saturated rings. The van der Waals surface area contributed by atoms with Crippen molar-refractivity contribution in [3.63, 3.8) is 0 Å². The van der Waals surface area contributed by atoms with Crippen LogP contribution in [0.3, 0.4) is 0 Å². The van der Waals surface area contributed by atoms with Gasteiger partial charge in [0.1, 0.15) is 24.7 Å². The van der Waals surface area contributed by atoms with E-state index in [9.17, 15) is 5.11 Å². The minimum Gasteiger partial charge on any atom is -0.507 e. The third kappa shape index (κ3) is 6.23. The molecule has 178 valence electrons. The highest BCUT2D eigenvalue weighted by molar-refractivity contribution is 5.70. The van der Waals surface area contributed by atoms with Gasteiger partial charge in [-0.3, -0.25) is 0 Å². The van der Waals surface area contributed by atoms with E-state index < -0.39 is 0 Å². The summed E-state index contributed by atoms with van der Waals surface area (Å²) in [7, 11) is 0. The lowest BCUT2D eigenvalue weighted by Crippen LogP contribution is -2.04. The molecule has 0 saturated carbocycles. The molecule has 0 aliphatic rings. The average Bonchev–Trinajstić information content (AvgIpc) is 2.84. The topological polar surface area (TPSA) is 77.4 Å². The smallest absolute Gasteiger partial charge is 0.167 e. The highest BCUT2D eigenvalue weighted by atomic mass is 16.5. The van der Waals surface area contributed by atoms with Crippen LogP contribution in [0.4, 0.5) is 0 Å². The highest BCUT2D eigenvalue weighted by Gasteiger charge is 2.15. The maximum atomic E-state index is 10.8. The lowest BCUT2D eigenvalue weighted by Gasteiger charge is -2.11. The molecule has 0 spiro atoms. The molecular weight excluding hydrogens is 438 g/mol. The molecule has 4 aromatic rings. The molecule has 0 atom stereocenters. The SMILES string of the molecule is CC(C)=COCCOc1ccc(-c2nc(-c3ccc(C)cc3)nc(-c3ccc(C)cc3)n2)c(O)c1. The summed E-state index contributed by atoms with van der Waals surface area (Å²) in [4.78, 5) is 14.1. The Hall–Kier alpha value is -4.19. The first-order valence-electron chi connectivity index (χ1n) is 11.5. The molecular formula is C29H29N3O3. The monoisotopic (exact) mass is 467 g/mol. The third-order valence-electron chi connectivity index (χ3n) is 5.25. The molecule has 0 amide bonds. The molecule has 0 saturated heterocycles. The standard InChI is InChI=1S/C29H29N3O3/c1-19(2)18-34-15-16-35-24-13-14-25(26(33)17-24)29-31-27(22-9-5-20(3)6-10-22)30-28(32-29)23-11-7-21(4)8-12-23/h5-14,17-18,33H,15-16H2,1-4H3. The summed E-state index contributed by atoms with van der Waals surface area (Å²) < 4.78 is 11.1. The highest BCUT2D eigenvalue weighted by Crippen LogP contribution is 2.32. The molecule has 0 bridgehead atoms. The molecule has 0 aliphatic carbocycles. The number of hydrogen-bond acceptors (Lipinski definition) is 6. The summed E-state index contributed by atoms with van der Waals surface area (Å²) >= 11 is 0. The van der Waals surface area contributed by atoms with E-state index >= 15 is 0 Å². The third-order valence-corrected chi connectivity index (χ3v) is 5.25. The summed E-state index contributed by atoms with van der Waals surface area (Å²) in [5, 5.41) is 10.8. The number of aromatic hydroxyl groups is 1. The number of allylic oxidation sites excluding steroid dienone is 1. The van der Waals surface area contributed by atoms with Gasteiger partial charge < -0.3 is 14.6 Å². The van der Waals surface area contributed by atoms with Gasteiger partial charge in [0, 0.05) is 17.2 Å². The molecule has 3 aromatic carbocycles. The van der Waals surface area contributed by atoms with Crippen molar-refractivity contribution < 1.29 is 14.6 Å². The van der Waals surface area contributed by atoms with E-state index in [0.29, 0.717) is 42.0 Å². The van der Waals surface area contributed by atoms with Crippen LogP contribution in [0.2, 0.25) is 0 Å². The van der Waals surface area contributed by atoms with Gasteiger partial charge in [-0.1, -0.05) is 59.7 Å². The molecule has 6 nitrogen and oxygen atoms in total. The quantitative estimate of drug-likeness (QED) is 0.235. The Kier molecular flexibility index (Phi) is 7.41. The van der Waals surface area contributed by atoms with E-state index in [4.69, 9.17) is 24.4 Å². The van der Waals surface area contributed by atoms with E-state index in [2.05, 4.69) is 0 Å². The Labute approximate surface area is 206 Å². The van der Waals surface area contributed by atoms with Crippen molar-refractivity contribution in [1.29, 1.82) is 0 Å². The van der Waals surface area contributed by atoms with Crippen LogP contribution in [0.1, 0.15) is 25.0 Å². The molecule has 6 heteroatoms. The van der Waals surface area contributed by atoms with Crippen molar-refractivity contribution in [3.8, 4) is 45.7 Å². The second-order valence-electron chi connectivity index (χ2n) is 8.63. The fourth-order valence-corrected chi connectivity index (χ4v) is 3.38. The van der Waals surface area contributed by atoms with Crippen LogP contribution >= 0.6 is 0 Å². The van der Waals surface area contributed by atoms with Gasteiger partial charge in [-0.05, 0) is 45.4 Å². The van der Waals surface area contributed by atoms with Gasteiger partial charge in [-0.15, -0.1) is 0 Å². The number of hydrogen-bond donors (Lipinski definition) is 1. The van der Waals surface area contributed by atoms with Crippen LogP contribution in [0.15, 0.2) is 78.6 Å². The Morgan fingerprint density at radius 2 is 1.29 bits per heavy atom. The summed E-state index contributed by atoms with van der Waals surface area (Å²) in [6.45, 7) is 8.79. The van der Waals surface area contributed by atoms with Crippen LogP contribution in [0.25, 0.3) is 34.2 Å². The fourth-order valence-electron chi connectivity index (χ4n) is 3.38. The van der Waals surface area contributed by atoms with Crippen LogP contribution in [0.5, 0.6) is 11.5 Å². The van der Waals surface area contributed by atoms with Crippen LogP contribution in [-0.2, 0) is 4.74 Å². The zero-order valence-electron chi connectivity index (χ0n) is 20.4. The molecule has 1 aromatic heterocycles. The van der Waals surface area contributed by atoms with E-state index in [1.165, 1.54) is 0 Å². The zero-order valence-corrected chi connectivity index (χ0v) is 20.4. The molecule has 1 heterocycles. The number of phenols is 1. The number of ether oxygens (including phenoxy) is 2. The summed E-state index contributed by atoms with van der Waals surface area (Å²) in [6, 6.07) is 21.2. The van der Waals surface area contributed by atoms with Gasteiger partial charge in [-0.2, -0.15) is 0 Å². The molecule has 0 unspecified atom stereocenters. The fraction of sp³-hybridized carbons (Fsp3) is 0.207. The Morgan fingerprint density at radius 1 is 0.743 bits per heavy atom. The van der Waals surface area contributed by atoms with E-state index in [-0.39, 0.29) is 5.75 Å². The first kappa shape index (κ1) is 24.0. The van der Waals surface area contributed by atoms with Crippen LogP contribution in [0, 0.1) is 13.8 Å². The minimum absolute atomic E-state index is 0.0311. The maximum absolute atomic E-state index is 10.8. The molecule has 0 aliphatic heterocycles. The molecule has 0 radical (unpaired) electrons. The lowest BCUT2D eigenvalue weighted by molar-refractivity contribution is 0.177. The van der Waals surface area contributed by atoms with Gasteiger partial charge in [0.15, 0.2) is 17.5 Å². The van der Waals surface area contributed by atoms with Gasteiger partial charge in [0.2, 0.25) is 0 Å². The van der Waals surface area contributed by atoms with Gasteiger partial charge in [-0.25, -0.2) is 15.0 Å². The predicted molar refractivity (Wildman–Crippen MR) is 138 cm³/mol. The largest absolute Gasteiger partial charge is 0.507 e.